The maximum Gasteiger partial charge on any atom is 0.263 e. The molecule has 0 bridgehead atoms. The summed E-state index contributed by atoms with van der Waals surface area (Å²) in [6, 6.07) is 17.9. The number of rotatable bonds is 10. The Morgan fingerprint density at radius 2 is 1.50 bits per heavy atom. The van der Waals surface area contributed by atoms with Crippen molar-refractivity contribution in [3.8, 4) is 34.8 Å². The molecular formula is C25H25N5O5S. The molecule has 10 nitrogen and oxygen atoms in total. The third-order valence-electron chi connectivity index (χ3n) is 5.21. The Hall–Kier alpha value is -4.25. The van der Waals surface area contributed by atoms with Crippen LogP contribution in [0.4, 0.5) is 5.82 Å². The minimum atomic E-state index is -3.91. The van der Waals surface area contributed by atoms with Crippen LogP contribution >= 0.6 is 0 Å². The van der Waals surface area contributed by atoms with Crippen molar-refractivity contribution in [1.82, 2.24) is 19.9 Å². The molecule has 0 saturated carbocycles. The standard InChI is InChI=1S/C25H25N5O5S/c1-17(16-18-10-5-4-6-11-18)36(31,32)30-22-21(35-20-13-8-7-12-19(20)33-2)25(34-3)29-24(28-22)23-26-14-9-15-27-23/h4-15,17H,16H2,1-3H3,(H,28,29,30). The molecule has 0 radical (unpaired) electrons. The highest BCUT2D eigenvalue weighted by atomic mass is 32.2. The molecule has 0 amide bonds. The van der Waals surface area contributed by atoms with Gasteiger partial charge >= 0.3 is 0 Å². The predicted octanol–water partition coefficient (Wildman–Crippen LogP) is 4.12. The van der Waals surface area contributed by atoms with Gasteiger partial charge in [0.1, 0.15) is 0 Å². The van der Waals surface area contributed by atoms with E-state index in [4.69, 9.17) is 14.2 Å². The van der Waals surface area contributed by atoms with E-state index in [0.29, 0.717) is 17.9 Å². The summed E-state index contributed by atoms with van der Waals surface area (Å²) in [6.45, 7) is 1.62. The van der Waals surface area contributed by atoms with Gasteiger partial charge in [-0.1, -0.05) is 42.5 Å². The Bertz CT molecular complexity index is 1420. The van der Waals surface area contributed by atoms with Crippen LogP contribution in [0, 0.1) is 0 Å². The Labute approximate surface area is 209 Å². The number of nitrogens with one attached hydrogen (secondary N) is 1. The Kier molecular flexibility index (Phi) is 7.59. The van der Waals surface area contributed by atoms with Gasteiger partial charge in [0.05, 0.1) is 19.5 Å². The van der Waals surface area contributed by atoms with Crippen molar-refractivity contribution in [2.24, 2.45) is 0 Å². The number of ether oxygens (including phenoxy) is 3. The third-order valence-corrected chi connectivity index (χ3v) is 6.91. The number of benzene rings is 2. The fourth-order valence-corrected chi connectivity index (χ4v) is 4.37. The van der Waals surface area contributed by atoms with Crippen molar-refractivity contribution in [2.45, 2.75) is 18.6 Å². The lowest BCUT2D eigenvalue weighted by Crippen LogP contribution is -2.28. The van der Waals surface area contributed by atoms with E-state index < -0.39 is 15.3 Å². The molecule has 1 unspecified atom stereocenters. The number of aromatic nitrogens is 4. The number of anilines is 1. The first-order valence-electron chi connectivity index (χ1n) is 11.0. The second-order valence-electron chi connectivity index (χ2n) is 7.71. The molecular weight excluding hydrogens is 482 g/mol. The SMILES string of the molecule is COc1ccccc1Oc1c(NS(=O)(=O)C(C)Cc2ccccc2)nc(-c2ncccn2)nc1OC. The Morgan fingerprint density at radius 1 is 0.833 bits per heavy atom. The van der Waals surface area contributed by atoms with Crippen molar-refractivity contribution in [2.75, 3.05) is 18.9 Å². The zero-order chi connectivity index (χ0) is 25.5. The summed E-state index contributed by atoms with van der Waals surface area (Å²) in [7, 11) is -1.02. The molecule has 0 saturated heterocycles. The minimum Gasteiger partial charge on any atom is -0.493 e. The molecule has 11 heteroatoms. The predicted molar refractivity (Wildman–Crippen MR) is 135 cm³/mol. The van der Waals surface area contributed by atoms with Crippen molar-refractivity contribution >= 4 is 15.8 Å². The zero-order valence-corrected chi connectivity index (χ0v) is 20.8. The number of hydrogen-bond donors (Lipinski definition) is 1. The molecule has 36 heavy (non-hydrogen) atoms. The molecule has 0 spiro atoms. The lowest BCUT2D eigenvalue weighted by Gasteiger charge is -2.19. The van der Waals surface area contributed by atoms with Crippen LogP contribution in [-0.2, 0) is 16.4 Å². The van der Waals surface area contributed by atoms with Crippen LogP contribution in [-0.4, -0.2) is 47.8 Å². The average Bonchev–Trinajstić information content (AvgIpc) is 2.90. The summed E-state index contributed by atoms with van der Waals surface area (Å²) in [5.41, 5.74) is 0.888. The topological polar surface area (TPSA) is 125 Å². The molecule has 0 fully saturated rings. The van der Waals surface area contributed by atoms with E-state index in [0.717, 1.165) is 5.56 Å². The van der Waals surface area contributed by atoms with Crippen LogP contribution in [0.5, 0.6) is 23.1 Å². The van der Waals surface area contributed by atoms with Gasteiger partial charge in [-0.15, -0.1) is 0 Å². The fourth-order valence-electron chi connectivity index (χ4n) is 3.35. The molecule has 2 heterocycles. The molecule has 2 aromatic carbocycles. The maximum absolute atomic E-state index is 13.4. The lowest BCUT2D eigenvalue weighted by molar-refractivity contribution is 0.348. The summed E-state index contributed by atoms with van der Waals surface area (Å²) >= 11 is 0. The van der Waals surface area contributed by atoms with Crippen LogP contribution in [0.1, 0.15) is 12.5 Å². The molecule has 4 rings (SSSR count). The van der Waals surface area contributed by atoms with Gasteiger partial charge < -0.3 is 14.2 Å². The lowest BCUT2D eigenvalue weighted by atomic mass is 10.1. The quantitative estimate of drug-likeness (QED) is 0.337. The summed E-state index contributed by atoms with van der Waals surface area (Å²) < 4.78 is 46.1. The largest absolute Gasteiger partial charge is 0.493 e. The van der Waals surface area contributed by atoms with Gasteiger partial charge in [0.15, 0.2) is 23.1 Å². The second-order valence-corrected chi connectivity index (χ2v) is 9.81. The van der Waals surface area contributed by atoms with E-state index >= 15 is 0 Å². The van der Waals surface area contributed by atoms with Crippen LogP contribution < -0.4 is 18.9 Å². The molecule has 2 aromatic heterocycles. The first-order chi connectivity index (χ1) is 17.4. The number of sulfonamides is 1. The zero-order valence-electron chi connectivity index (χ0n) is 20.0. The van der Waals surface area contributed by atoms with Crippen LogP contribution in [0.2, 0.25) is 0 Å². The van der Waals surface area contributed by atoms with Gasteiger partial charge in [0.25, 0.3) is 5.88 Å². The first kappa shape index (κ1) is 24.9. The van der Waals surface area contributed by atoms with E-state index in [1.165, 1.54) is 26.6 Å². The van der Waals surface area contributed by atoms with Crippen molar-refractivity contribution in [3.05, 3.63) is 78.6 Å². The van der Waals surface area contributed by atoms with Crippen LogP contribution in [0.3, 0.4) is 0 Å². The number of hydrogen-bond acceptors (Lipinski definition) is 9. The summed E-state index contributed by atoms with van der Waals surface area (Å²) in [5, 5.41) is -0.781. The van der Waals surface area contributed by atoms with E-state index in [-0.39, 0.29) is 29.1 Å². The number of nitrogens with zero attached hydrogens (tertiary/aromatic N) is 4. The molecule has 0 aliphatic rings. The van der Waals surface area contributed by atoms with Crippen LogP contribution in [0.15, 0.2) is 73.1 Å². The van der Waals surface area contributed by atoms with Gasteiger partial charge in [-0.3, -0.25) is 4.72 Å². The van der Waals surface area contributed by atoms with Crippen molar-refractivity contribution < 1.29 is 22.6 Å². The summed E-state index contributed by atoms with van der Waals surface area (Å²) in [5.74, 6) is 0.856. The van der Waals surface area contributed by atoms with E-state index in [2.05, 4.69) is 24.7 Å². The highest BCUT2D eigenvalue weighted by molar-refractivity contribution is 7.93. The van der Waals surface area contributed by atoms with Gasteiger partial charge in [-0.05, 0) is 37.1 Å². The first-order valence-corrected chi connectivity index (χ1v) is 12.6. The van der Waals surface area contributed by atoms with E-state index in [1.807, 2.05) is 30.3 Å². The highest BCUT2D eigenvalue weighted by Crippen LogP contribution is 2.41. The maximum atomic E-state index is 13.4. The average molecular weight is 508 g/mol. The van der Waals surface area contributed by atoms with Crippen LogP contribution in [0.25, 0.3) is 11.6 Å². The van der Waals surface area contributed by atoms with Gasteiger partial charge in [0, 0.05) is 12.4 Å². The summed E-state index contributed by atoms with van der Waals surface area (Å²) in [6.07, 6.45) is 3.36. The molecule has 1 N–H and O–H groups in total. The van der Waals surface area contributed by atoms with Crippen molar-refractivity contribution in [3.63, 3.8) is 0 Å². The van der Waals surface area contributed by atoms with Crippen molar-refractivity contribution in [1.29, 1.82) is 0 Å². The van der Waals surface area contributed by atoms with E-state index in [9.17, 15) is 8.42 Å². The second kappa shape index (κ2) is 11.0. The van der Waals surface area contributed by atoms with Gasteiger partial charge in [-0.25, -0.2) is 23.4 Å². The molecule has 186 valence electrons. The number of para-hydroxylation sites is 2. The monoisotopic (exact) mass is 507 g/mol. The molecule has 1 atom stereocenters. The highest BCUT2D eigenvalue weighted by Gasteiger charge is 2.27. The Morgan fingerprint density at radius 3 is 2.17 bits per heavy atom. The Balaban J connectivity index is 1.77. The molecule has 0 aliphatic heterocycles. The molecule has 4 aromatic rings. The molecule has 0 aliphatic carbocycles. The smallest absolute Gasteiger partial charge is 0.263 e. The normalized spacial score (nSPS) is 12.0. The fraction of sp³-hybridized carbons (Fsp3) is 0.200. The third kappa shape index (κ3) is 5.69. The number of methoxy groups -OCH3 is 2. The van der Waals surface area contributed by atoms with Gasteiger partial charge in [-0.2, -0.15) is 4.98 Å². The summed E-state index contributed by atoms with van der Waals surface area (Å²) in [4.78, 5) is 17.1. The van der Waals surface area contributed by atoms with E-state index in [1.54, 1.807) is 37.3 Å². The minimum absolute atomic E-state index is 0.00762. The van der Waals surface area contributed by atoms with Gasteiger partial charge in [0.2, 0.25) is 21.6 Å².